The third kappa shape index (κ3) is 4.22. The molecular weight excluding hydrogens is 294 g/mol. The molecule has 7 nitrogen and oxygen atoms in total. The van der Waals surface area contributed by atoms with Crippen molar-refractivity contribution in [2.45, 2.75) is 3.79 Å². The van der Waals surface area contributed by atoms with E-state index in [1.807, 2.05) is 0 Å². The topological polar surface area (TPSA) is 97.2 Å². The first-order chi connectivity index (χ1) is 7.80. The Morgan fingerprint density at radius 3 is 2.47 bits per heavy atom. The summed E-state index contributed by atoms with van der Waals surface area (Å²) >= 11 is 15.9. The van der Waals surface area contributed by atoms with E-state index in [9.17, 15) is 14.9 Å². The van der Waals surface area contributed by atoms with Gasteiger partial charge in [-0.1, -0.05) is 34.8 Å². The molecule has 0 atom stereocenters. The van der Waals surface area contributed by atoms with Crippen molar-refractivity contribution in [1.82, 2.24) is 10.4 Å². The molecule has 1 amide bonds. The van der Waals surface area contributed by atoms with Gasteiger partial charge in [-0.2, -0.15) is 0 Å². The van der Waals surface area contributed by atoms with Crippen LogP contribution in [0.25, 0.3) is 0 Å². The van der Waals surface area contributed by atoms with Gasteiger partial charge in [0.15, 0.2) is 0 Å². The Balaban J connectivity index is 2.59. The number of rotatable bonds is 3. The summed E-state index contributed by atoms with van der Waals surface area (Å²) < 4.78 is -2.10. The lowest BCUT2D eigenvalue weighted by Crippen LogP contribution is -2.38. The van der Waals surface area contributed by atoms with Crippen LogP contribution in [-0.4, -0.2) is 19.6 Å². The molecule has 0 aliphatic rings. The molecule has 2 N–H and O–H groups in total. The number of carbonyl (C=O) groups is 1. The number of nitrogens with one attached hydrogen (secondary N) is 2. The number of hydrazine groups is 1. The van der Waals surface area contributed by atoms with E-state index in [1.54, 1.807) is 0 Å². The summed E-state index contributed by atoms with van der Waals surface area (Å²) in [5.74, 6) is -0.735. The molecule has 17 heavy (non-hydrogen) atoms. The van der Waals surface area contributed by atoms with E-state index >= 15 is 0 Å². The molecule has 0 radical (unpaired) electrons. The number of aromatic nitrogens is 1. The van der Waals surface area contributed by atoms with Gasteiger partial charge in [0.2, 0.25) is 0 Å². The monoisotopic (exact) mass is 298 g/mol. The number of hydrogen-bond donors (Lipinski definition) is 2. The maximum atomic E-state index is 11.1. The van der Waals surface area contributed by atoms with Gasteiger partial charge in [-0.05, 0) is 6.07 Å². The molecule has 0 spiro atoms. The van der Waals surface area contributed by atoms with E-state index in [4.69, 9.17) is 34.8 Å². The fourth-order valence-corrected chi connectivity index (χ4v) is 0.901. The van der Waals surface area contributed by atoms with Gasteiger partial charge in [0, 0.05) is 6.07 Å². The highest BCUT2D eigenvalue weighted by molar-refractivity contribution is 6.76. The number of carbonyl (C=O) groups excluding carboxylic acids is 1. The van der Waals surface area contributed by atoms with Crippen LogP contribution in [0.3, 0.4) is 0 Å². The van der Waals surface area contributed by atoms with Crippen LogP contribution in [0.2, 0.25) is 0 Å². The Bertz CT molecular complexity index is 431. The lowest BCUT2D eigenvalue weighted by Gasteiger charge is -2.12. The van der Waals surface area contributed by atoms with E-state index in [1.165, 1.54) is 12.1 Å². The number of anilines is 1. The number of pyridine rings is 1. The first kappa shape index (κ1) is 13.8. The van der Waals surface area contributed by atoms with Crippen LogP contribution < -0.4 is 10.9 Å². The average molecular weight is 300 g/mol. The molecule has 1 rings (SSSR count). The Kier molecular flexibility index (Phi) is 4.33. The molecule has 1 aromatic heterocycles. The molecule has 0 unspecified atom stereocenters. The molecule has 1 heterocycles. The molecule has 0 fully saturated rings. The van der Waals surface area contributed by atoms with Gasteiger partial charge in [-0.3, -0.25) is 25.8 Å². The second-order valence-electron chi connectivity index (χ2n) is 2.74. The normalized spacial score (nSPS) is 10.8. The number of nitrogens with zero attached hydrogens (tertiary/aromatic N) is 2. The molecule has 0 aliphatic heterocycles. The molecule has 0 aliphatic carbocycles. The zero-order valence-electron chi connectivity index (χ0n) is 7.99. The average Bonchev–Trinajstić information content (AvgIpc) is 2.25. The van der Waals surface area contributed by atoms with E-state index < -0.39 is 14.6 Å². The van der Waals surface area contributed by atoms with Crippen molar-refractivity contribution in [3.63, 3.8) is 0 Å². The Morgan fingerprint density at radius 2 is 2.06 bits per heavy atom. The van der Waals surface area contributed by atoms with E-state index in [2.05, 4.69) is 15.8 Å². The predicted octanol–water partition coefficient (Wildman–Crippen LogP) is 1.80. The largest absolute Gasteiger partial charge is 0.290 e. The van der Waals surface area contributed by atoms with Crippen LogP contribution in [0.5, 0.6) is 0 Å². The maximum Gasteiger partial charge on any atom is 0.290 e. The van der Waals surface area contributed by atoms with Crippen LogP contribution in [0, 0.1) is 10.1 Å². The highest BCUT2D eigenvalue weighted by atomic mass is 35.6. The number of halogens is 3. The molecule has 0 saturated heterocycles. The van der Waals surface area contributed by atoms with E-state index in [0.717, 1.165) is 6.20 Å². The van der Waals surface area contributed by atoms with Crippen molar-refractivity contribution in [3.8, 4) is 0 Å². The lowest BCUT2D eigenvalue weighted by molar-refractivity contribution is -0.385. The smallest absolute Gasteiger partial charge is 0.282 e. The first-order valence-electron chi connectivity index (χ1n) is 4.04. The number of nitro groups is 1. The zero-order chi connectivity index (χ0) is 13.1. The molecule has 10 heteroatoms. The zero-order valence-corrected chi connectivity index (χ0v) is 10.3. The van der Waals surface area contributed by atoms with Crippen LogP contribution in [0.4, 0.5) is 11.5 Å². The van der Waals surface area contributed by atoms with Gasteiger partial charge in [-0.15, -0.1) is 0 Å². The SMILES string of the molecule is O=C(NNc1ccc([N+](=O)[O-])cn1)C(Cl)(Cl)Cl. The second kappa shape index (κ2) is 5.35. The fourth-order valence-electron chi connectivity index (χ4n) is 0.760. The van der Waals surface area contributed by atoms with Crippen molar-refractivity contribution in [1.29, 1.82) is 0 Å². The van der Waals surface area contributed by atoms with Gasteiger partial charge in [0.05, 0.1) is 4.92 Å². The van der Waals surface area contributed by atoms with Crippen LogP contribution in [-0.2, 0) is 4.79 Å². The van der Waals surface area contributed by atoms with Gasteiger partial charge < -0.3 is 0 Å². The minimum atomic E-state index is -2.10. The van der Waals surface area contributed by atoms with E-state index in [-0.39, 0.29) is 11.5 Å². The number of alkyl halides is 3. The number of hydrogen-bond acceptors (Lipinski definition) is 5. The highest BCUT2D eigenvalue weighted by Crippen LogP contribution is 2.25. The minimum absolute atomic E-state index is 0.165. The molecular formula is C7H5Cl3N4O3. The van der Waals surface area contributed by atoms with Crippen LogP contribution in [0.15, 0.2) is 18.3 Å². The van der Waals surface area contributed by atoms with E-state index in [0.29, 0.717) is 0 Å². The third-order valence-electron chi connectivity index (χ3n) is 1.52. The predicted molar refractivity (Wildman–Crippen MR) is 62.9 cm³/mol. The first-order valence-corrected chi connectivity index (χ1v) is 5.17. The van der Waals surface area contributed by atoms with Crippen molar-refractivity contribution >= 4 is 52.2 Å². The standard InChI is InChI=1S/C7H5Cl3N4O3/c8-7(9,10)6(15)13-12-5-2-1-4(3-11-5)14(16)17/h1-3H,(H,11,12)(H,13,15). The summed E-state index contributed by atoms with van der Waals surface area (Å²) in [7, 11) is 0. The van der Waals surface area contributed by atoms with Crippen LogP contribution in [0.1, 0.15) is 0 Å². The Morgan fingerprint density at radius 1 is 1.41 bits per heavy atom. The summed E-state index contributed by atoms with van der Waals surface area (Å²) in [5, 5.41) is 10.3. The molecule has 0 aromatic carbocycles. The molecule has 1 aromatic rings. The third-order valence-corrected chi connectivity index (χ3v) is 2.04. The minimum Gasteiger partial charge on any atom is -0.282 e. The number of amides is 1. The van der Waals surface area contributed by atoms with Crippen molar-refractivity contribution in [3.05, 3.63) is 28.4 Å². The molecule has 0 bridgehead atoms. The summed E-state index contributed by atoms with van der Waals surface area (Å²) in [6.07, 6.45) is 1.02. The summed E-state index contributed by atoms with van der Waals surface area (Å²) in [6.45, 7) is 0. The Hall–Kier alpha value is -1.31. The van der Waals surface area contributed by atoms with Gasteiger partial charge in [0.25, 0.3) is 15.4 Å². The maximum absolute atomic E-state index is 11.1. The summed E-state index contributed by atoms with van der Waals surface area (Å²) in [6, 6.07) is 2.49. The lowest BCUT2D eigenvalue weighted by atomic mass is 10.4. The summed E-state index contributed by atoms with van der Waals surface area (Å²) in [5.41, 5.74) is 4.22. The van der Waals surface area contributed by atoms with Gasteiger partial charge in [-0.25, -0.2) is 4.98 Å². The highest BCUT2D eigenvalue weighted by Gasteiger charge is 2.30. The molecule has 92 valence electrons. The van der Waals surface area contributed by atoms with Gasteiger partial charge >= 0.3 is 0 Å². The van der Waals surface area contributed by atoms with Gasteiger partial charge in [0.1, 0.15) is 12.0 Å². The fraction of sp³-hybridized carbons (Fsp3) is 0.143. The molecule has 0 saturated carbocycles. The summed E-state index contributed by atoms with van der Waals surface area (Å²) in [4.78, 5) is 24.5. The van der Waals surface area contributed by atoms with Crippen molar-refractivity contribution in [2.75, 3.05) is 5.43 Å². The second-order valence-corrected chi connectivity index (χ2v) is 5.02. The van der Waals surface area contributed by atoms with Crippen LogP contribution >= 0.6 is 34.8 Å². The van der Waals surface area contributed by atoms with Crippen molar-refractivity contribution in [2.24, 2.45) is 0 Å². The Labute approximate surface area is 110 Å². The van der Waals surface area contributed by atoms with Crippen molar-refractivity contribution < 1.29 is 9.72 Å². The quantitative estimate of drug-likeness (QED) is 0.504.